The van der Waals surface area contributed by atoms with Crippen molar-refractivity contribution < 1.29 is 13.2 Å². The van der Waals surface area contributed by atoms with Gasteiger partial charge in [0.1, 0.15) is 5.75 Å². The van der Waals surface area contributed by atoms with Crippen molar-refractivity contribution in [1.82, 2.24) is 4.31 Å². The van der Waals surface area contributed by atoms with Crippen LogP contribution in [-0.4, -0.2) is 33.4 Å². The van der Waals surface area contributed by atoms with E-state index < -0.39 is 10.0 Å². The summed E-state index contributed by atoms with van der Waals surface area (Å²) in [7, 11) is -0.190. The van der Waals surface area contributed by atoms with E-state index >= 15 is 0 Å². The first-order chi connectivity index (χ1) is 10.0. The molecular formula is C16H19NO3S. The molecule has 0 saturated heterocycles. The summed E-state index contributed by atoms with van der Waals surface area (Å²) >= 11 is 0. The average molecular weight is 305 g/mol. The molecule has 0 N–H and O–H groups in total. The first kappa shape index (κ1) is 15.5. The third kappa shape index (κ3) is 3.83. The van der Waals surface area contributed by atoms with Crippen LogP contribution in [0.4, 0.5) is 0 Å². The van der Waals surface area contributed by atoms with E-state index in [0.29, 0.717) is 17.9 Å². The summed E-state index contributed by atoms with van der Waals surface area (Å²) in [6.45, 7) is 0.434. The molecule has 2 aromatic carbocycles. The summed E-state index contributed by atoms with van der Waals surface area (Å²) in [6.07, 6.45) is 0.659. The van der Waals surface area contributed by atoms with Crippen molar-refractivity contribution in [2.75, 3.05) is 20.7 Å². The Hall–Kier alpha value is -1.85. The lowest BCUT2D eigenvalue weighted by molar-refractivity contribution is 0.414. The first-order valence-electron chi connectivity index (χ1n) is 6.68. The highest BCUT2D eigenvalue weighted by Crippen LogP contribution is 2.15. The molecule has 0 amide bonds. The Morgan fingerprint density at radius 3 is 2.19 bits per heavy atom. The third-order valence-corrected chi connectivity index (χ3v) is 5.20. The highest BCUT2D eigenvalue weighted by atomic mass is 32.2. The number of benzene rings is 2. The fourth-order valence-electron chi connectivity index (χ4n) is 1.97. The first-order valence-corrected chi connectivity index (χ1v) is 8.12. The molecule has 2 rings (SSSR count). The standard InChI is InChI=1S/C16H19NO3S/c1-17(21(18,19)16-6-4-3-5-7-16)13-12-14-8-10-15(20-2)11-9-14/h3-11H,12-13H2,1-2H3. The largest absolute Gasteiger partial charge is 0.497 e. The summed E-state index contributed by atoms with van der Waals surface area (Å²) in [5, 5.41) is 0. The third-order valence-electron chi connectivity index (χ3n) is 3.33. The molecule has 0 bridgehead atoms. The summed E-state index contributed by atoms with van der Waals surface area (Å²) in [4.78, 5) is 0.322. The van der Waals surface area contributed by atoms with Crippen LogP contribution in [-0.2, 0) is 16.4 Å². The maximum Gasteiger partial charge on any atom is 0.242 e. The summed E-state index contributed by atoms with van der Waals surface area (Å²) in [5.41, 5.74) is 1.07. The zero-order chi connectivity index (χ0) is 15.3. The summed E-state index contributed by atoms with van der Waals surface area (Å²) in [6, 6.07) is 16.1. The van der Waals surface area contributed by atoms with E-state index in [-0.39, 0.29) is 0 Å². The number of ether oxygens (including phenoxy) is 1. The lowest BCUT2D eigenvalue weighted by Gasteiger charge is -2.17. The molecule has 0 radical (unpaired) electrons. The van der Waals surface area contributed by atoms with Gasteiger partial charge < -0.3 is 4.74 Å². The van der Waals surface area contributed by atoms with Crippen molar-refractivity contribution in [2.45, 2.75) is 11.3 Å². The van der Waals surface area contributed by atoms with E-state index in [4.69, 9.17) is 4.74 Å². The van der Waals surface area contributed by atoms with Gasteiger partial charge in [-0.05, 0) is 36.2 Å². The van der Waals surface area contributed by atoms with Gasteiger partial charge in [0.25, 0.3) is 0 Å². The second-order valence-corrected chi connectivity index (χ2v) is 6.78. The maximum atomic E-state index is 12.4. The molecule has 2 aromatic rings. The van der Waals surface area contributed by atoms with Crippen molar-refractivity contribution in [2.24, 2.45) is 0 Å². The lowest BCUT2D eigenvalue weighted by atomic mass is 10.1. The van der Waals surface area contributed by atoms with Crippen LogP contribution in [0.25, 0.3) is 0 Å². The molecule has 0 saturated carbocycles. The number of likely N-dealkylation sites (N-methyl/N-ethyl adjacent to an activating group) is 1. The topological polar surface area (TPSA) is 46.6 Å². The van der Waals surface area contributed by atoms with Gasteiger partial charge in [-0.2, -0.15) is 0 Å². The Morgan fingerprint density at radius 2 is 1.62 bits per heavy atom. The van der Waals surface area contributed by atoms with Crippen molar-refractivity contribution in [3.8, 4) is 5.75 Å². The number of hydrogen-bond donors (Lipinski definition) is 0. The van der Waals surface area contributed by atoms with Crippen molar-refractivity contribution in [3.05, 3.63) is 60.2 Å². The molecule has 0 heterocycles. The Balaban J connectivity index is 2.02. The molecule has 0 atom stereocenters. The van der Waals surface area contributed by atoms with E-state index in [2.05, 4.69) is 0 Å². The Morgan fingerprint density at radius 1 is 1.00 bits per heavy atom. The molecule has 4 nitrogen and oxygen atoms in total. The minimum Gasteiger partial charge on any atom is -0.497 e. The monoisotopic (exact) mass is 305 g/mol. The van der Waals surface area contributed by atoms with Gasteiger partial charge in [-0.1, -0.05) is 30.3 Å². The quantitative estimate of drug-likeness (QED) is 0.824. The predicted molar refractivity (Wildman–Crippen MR) is 83.0 cm³/mol. The molecule has 0 fully saturated rings. The minimum atomic E-state index is -3.41. The zero-order valence-electron chi connectivity index (χ0n) is 12.2. The molecule has 0 spiro atoms. The smallest absolute Gasteiger partial charge is 0.242 e. The molecule has 0 unspecified atom stereocenters. The van der Waals surface area contributed by atoms with Gasteiger partial charge in [-0.15, -0.1) is 0 Å². The van der Waals surface area contributed by atoms with Crippen LogP contribution in [0, 0.1) is 0 Å². The normalized spacial score (nSPS) is 11.6. The Bertz CT molecular complexity index is 666. The SMILES string of the molecule is COc1ccc(CCN(C)S(=O)(=O)c2ccccc2)cc1. The number of rotatable bonds is 6. The second kappa shape index (κ2) is 6.74. The second-order valence-electron chi connectivity index (χ2n) is 4.74. The number of hydrogen-bond acceptors (Lipinski definition) is 3. The molecule has 5 heteroatoms. The van der Waals surface area contributed by atoms with Gasteiger partial charge in [-0.25, -0.2) is 12.7 Å². The molecular weight excluding hydrogens is 286 g/mol. The van der Waals surface area contributed by atoms with Crippen molar-refractivity contribution in [1.29, 1.82) is 0 Å². The van der Waals surface area contributed by atoms with Gasteiger partial charge in [0, 0.05) is 13.6 Å². The van der Waals surface area contributed by atoms with E-state index in [0.717, 1.165) is 11.3 Å². The molecule has 0 aliphatic heterocycles. The molecule has 112 valence electrons. The van der Waals surface area contributed by atoms with Crippen molar-refractivity contribution in [3.63, 3.8) is 0 Å². The van der Waals surface area contributed by atoms with Gasteiger partial charge in [0.2, 0.25) is 10.0 Å². The van der Waals surface area contributed by atoms with Crippen LogP contribution < -0.4 is 4.74 Å². The lowest BCUT2D eigenvalue weighted by Crippen LogP contribution is -2.29. The van der Waals surface area contributed by atoms with E-state index in [1.807, 2.05) is 24.3 Å². The minimum absolute atomic E-state index is 0.322. The van der Waals surface area contributed by atoms with Gasteiger partial charge >= 0.3 is 0 Å². The summed E-state index contributed by atoms with van der Waals surface area (Å²) < 4.78 is 31.2. The van der Waals surface area contributed by atoms with E-state index in [9.17, 15) is 8.42 Å². The molecule has 0 aliphatic rings. The van der Waals surface area contributed by atoms with E-state index in [1.165, 1.54) is 4.31 Å². The van der Waals surface area contributed by atoms with E-state index in [1.54, 1.807) is 44.5 Å². The van der Waals surface area contributed by atoms with Crippen LogP contribution >= 0.6 is 0 Å². The van der Waals surface area contributed by atoms with Gasteiger partial charge in [0.05, 0.1) is 12.0 Å². The molecule has 21 heavy (non-hydrogen) atoms. The zero-order valence-corrected chi connectivity index (χ0v) is 13.0. The van der Waals surface area contributed by atoms with Crippen LogP contribution in [0.3, 0.4) is 0 Å². The van der Waals surface area contributed by atoms with Crippen molar-refractivity contribution >= 4 is 10.0 Å². The fraction of sp³-hybridized carbons (Fsp3) is 0.250. The van der Waals surface area contributed by atoms with Gasteiger partial charge in [0.15, 0.2) is 0 Å². The average Bonchev–Trinajstić information content (AvgIpc) is 2.53. The molecule has 0 aliphatic carbocycles. The maximum absolute atomic E-state index is 12.4. The van der Waals surface area contributed by atoms with Crippen LogP contribution in [0.1, 0.15) is 5.56 Å². The van der Waals surface area contributed by atoms with Crippen LogP contribution in [0.2, 0.25) is 0 Å². The predicted octanol–water partition coefficient (Wildman–Crippen LogP) is 2.56. The highest BCUT2D eigenvalue weighted by Gasteiger charge is 2.19. The van der Waals surface area contributed by atoms with Crippen LogP contribution in [0.15, 0.2) is 59.5 Å². The Kier molecular flexibility index (Phi) is 4.98. The number of nitrogens with zero attached hydrogens (tertiary/aromatic N) is 1. The highest BCUT2D eigenvalue weighted by molar-refractivity contribution is 7.89. The van der Waals surface area contributed by atoms with Crippen LogP contribution in [0.5, 0.6) is 5.75 Å². The van der Waals surface area contributed by atoms with Gasteiger partial charge in [-0.3, -0.25) is 0 Å². The Labute approximate surface area is 126 Å². The summed E-state index contributed by atoms with van der Waals surface area (Å²) in [5.74, 6) is 0.795. The fourth-order valence-corrected chi connectivity index (χ4v) is 3.16. The molecule has 0 aromatic heterocycles. The number of sulfonamides is 1. The number of methoxy groups -OCH3 is 1.